The minimum Gasteiger partial charge on any atom is -0.385 e. The van der Waals surface area contributed by atoms with Gasteiger partial charge in [0.15, 0.2) is 0 Å². The zero-order valence-electron chi connectivity index (χ0n) is 9.68. The standard InChI is InChI=1S/C15H12N2O/c16-14-8-13(9-15(18)17-14)12-6-5-10-3-1-2-4-11(10)7-12/h1-9H,(H3,16,17,18). The number of aromatic amines is 1. The summed E-state index contributed by atoms with van der Waals surface area (Å²) in [5.74, 6) is 0.380. The van der Waals surface area contributed by atoms with Gasteiger partial charge in [-0.15, -0.1) is 0 Å². The number of pyridine rings is 1. The number of hydrogen-bond donors (Lipinski definition) is 2. The molecule has 0 atom stereocenters. The van der Waals surface area contributed by atoms with Gasteiger partial charge in [0.25, 0.3) is 0 Å². The summed E-state index contributed by atoms with van der Waals surface area (Å²) >= 11 is 0. The van der Waals surface area contributed by atoms with Crippen LogP contribution in [0.15, 0.2) is 59.4 Å². The summed E-state index contributed by atoms with van der Waals surface area (Å²) in [6.45, 7) is 0. The molecule has 3 N–H and O–H groups in total. The van der Waals surface area contributed by atoms with Crippen LogP contribution < -0.4 is 11.3 Å². The largest absolute Gasteiger partial charge is 0.385 e. The van der Waals surface area contributed by atoms with Crippen LogP contribution in [0.2, 0.25) is 0 Å². The van der Waals surface area contributed by atoms with Gasteiger partial charge in [-0.2, -0.15) is 0 Å². The summed E-state index contributed by atoms with van der Waals surface area (Å²) in [5, 5.41) is 2.33. The second kappa shape index (κ2) is 4.04. The maximum Gasteiger partial charge on any atom is 0.250 e. The van der Waals surface area contributed by atoms with Crippen molar-refractivity contribution >= 4 is 16.6 Å². The van der Waals surface area contributed by atoms with Gasteiger partial charge in [0.05, 0.1) is 0 Å². The molecule has 0 unspecified atom stereocenters. The van der Waals surface area contributed by atoms with Crippen molar-refractivity contribution in [1.29, 1.82) is 0 Å². The molecule has 0 aliphatic rings. The van der Waals surface area contributed by atoms with Crippen LogP contribution in [0.25, 0.3) is 21.9 Å². The van der Waals surface area contributed by atoms with Crippen molar-refractivity contribution in [2.24, 2.45) is 0 Å². The van der Waals surface area contributed by atoms with E-state index < -0.39 is 0 Å². The van der Waals surface area contributed by atoms with Crippen LogP contribution in [-0.4, -0.2) is 4.98 Å². The molecule has 0 saturated heterocycles. The van der Waals surface area contributed by atoms with E-state index in [1.807, 2.05) is 24.3 Å². The fourth-order valence-corrected chi connectivity index (χ4v) is 2.10. The first kappa shape index (κ1) is 10.6. The van der Waals surface area contributed by atoms with Gasteiger partial charge in [0.2, 0.25) is 5.56 Å². The molecule has 1 aromatic heterocycles. The molecule has 3 rings (SSSR count). The minimum atomic E-state index is -0.182. The second-order valence-electron chi connectivity index (χ2n) is 4.25. The SMILES string of the molecule is Nc1cc(-c2ccc3ccccc3c2)cc(=O)[nH]1. The molecule has 0 bridgehead atoms. The molecular formula is C15H12N2O. The molecule has 0 saturated carbocycles. The quantitative estimate of drug-likeness (QED) is 0.682. The number of benzene rings is 2. The molecule has 0 aliphatic carbocycles. The Morgan fingerprint density at radius 2 is 1.61 bits per heavy atom. The van der Waals surface area contributed by atoms with E-state index in [4.69, 9.17) is 5.73 Å². The van der Waals surface area contributed by atoms with Gasteiger partial charge in [0.1, 0.15) is 5.82 Å². The Kier molecular flexibility index (Phi) is 2.38. The highest BCUT2D eigenvalue weighted by atomic mass is 16.1. The predicted octanol–water partition coefficient (Wildman–Crippen LogP) is 2.78. The molecule has 0 amide bonds. The maximum absolute atomic E-state index is 11.4. The lowest BCUT2D eigenvalue weighted by Gasteiger charge is -2.04. The third-order valence-electron chi connectivity index (χ3n) is 2.95. The van der Waals surface area contributed by atoms with Crippen LogP contribution in [0.4, 0.5) is 5.82 Å². The van der Waals surface area contributed by atoms with Crippen molar-refractivity contribution in [1.82, 2.24) is 4.98 Å². The molecule has 3 aromatic rings. The first-order valence-electron chi connectivity index (χ1n) is 5.71. The number of H-pyrrole nitrogens is 1. The van der Waals surface area contributed by atoms with Gasteiger partial charge in [-0.25, -0.2) is 0 Å². The summed E-state index contributed by atoms with van der Waals surface area (Å²) < 4.78 is 0. The van der Waals surface area contributed by atoms with Crippen LogP contribution in [0.5, 0.6) is 0 Å². The van der Waals surface area contributed by atoms with Crippen molar-refractivity contribution in [3.63, 3.8) is 0 Å². The predicted molar refractivity (Wildman–Crippen MR) is 74.4 cm³/mol. The van der Waals surface area contributed by atoms with Gasteiger partial charge < -0.3 is 10.7 Å². The summed E-state index contributed by atoms with van der Waals surface area (Å²) in [5.41, 5.74) is 7.30. The van der Waals surface area contributed by atoms with Gasteiger partial charge in [0, 0.05) is 6.07 Å². The van der Waals surface area contributed by atoms with Crippen LogP contribution in [0.3, 0.4) is 0 Å². The Bertz CT molecular complexity index is 775. The van der Waals surface area contributed by atoms with E-state index >= 15 is 0 Å². The molecular weight excluding hydrogens is 224 g/mol. The fourth-order valence-electron chi connectivity index (χ4n) is 2.10. The highest BCUT2D eigenvalue weighted by molar-refractivity contribution is 5.87. The highest BCUT2D eigenvalue weighted by Gasteiger charge is 2.01. The van der Waals surface area contributed by atoms with Gasteiger partial charge >= 0.3 is 0 Å². The summed E-state index contributed by atoms with van der Waals surface area (Å²) in [6.07, 6.45) is 0. The third-order valence-corrected chi connectivity index (χ3v) is 2.95. The van der Waals surface area contributed by atoms with Crippen molar-refractivity contribution in [2.75, 3.05) is 5.73 Å². The monoisotopic (exact) mass is 236 g/mol. The van der Waals surface area contributed by atoms with Crippen molar-refractivity contribution in [2.45, 2.75) is 0 Å². The fraction of sp³-hybridized carbons (Fsp3) is 0. The molecule has 0 aliphatic heterocycles. The maximum atomic E-state index is 11.4. The van der Waals surface area contributed by atoms with E-state index in [-0.39, 0.29) is 5.56 Å². The number of nitrogens with one attached hydrogen (secondary N) is 1. The highest BCUT2D eigenvalue weighted by Crippen LogP contribution is 2.24. The van der Waals surface area contributed by atoms with Crippen LogP contribution in [0.1, 0.15) is 0 Å². The lowest BCUT2D eigenvalue weighted by molar-refractivity contribution is 1.25. The van der Waals surface area contributed by atoms with Crippen LogP contribution in [0, 0.1) is 0 Å². The number of anilines is 1. The number of rotatable bonds is 1. The average molecular weight is 236 g/mol. The molecule has 0 fully saturated rings. The molecule has 3 heteroatoms. The number of nitrogen functional groups attached to an aromatic ring is 1. The Morgan fingerprint density at radius 3 is 2.39 bits per heavy atom. The van der Waals surface area contributed by atoms with E-state index in [2.05, 4.69) is 23.2 Å². The Labute approximate surface area is 104 Å². The first-order chi connectivity index (χ1) is 8.72. The zero-order chi connectivity index (χ0) is 12.5. The van der Waals surface area contributed by atoms with Crippen molar-refractivity contribution < 1.29 is 0 Å². The number of aromatic nitrogens is 1. The number of hydrogen-bond acceptors (Lipinski definition) is 2. The lowest BCUT2D eigenvalue weighted by atomic mass is 10.0. The van der Waals surface area contributed by atoms with Crippen molar-refractivity contribution in [3.8, 4) is 11.1 Å². The summed E-state index contributed by atoms with van der Waals surface area (Å²) in [4.78, 5) is 14.0. The van der Waals surface area contributed by atoms with Crippen LogP contribution >= 0.6 is 0 Å². The number of fused-ring (bicyclic) bond motifs is 1. The van der Waals surface area contributed by atoms with E-state index in [0.29, 0.717) is 5.82 Å². The Balaban J connectivity index is 2.22. The number of nitrogens with two attached hydrogens (primary N) is 1. The summed E-state index contributed by atoms with van der Waals surface area (Å²) in [7, 11) is 0. The second-order valence-corrected chi connectivity index (χ2v) is 4.25. The zero-order valence-corrected chi connectivity index (χ0v) is 9.68. The van der Waals surface area contributed by atoms with E-state index in [1.54, 1.807) is 12.1 Å². The molecule has 0 radical (unpaired) electrons. The van der Waals surface area contributed by atoms with Crippen molar-refractivity contribution in [3.05, 3.63) is 65.0 Å². The molecule has 18 heavy (non-hydrogen) atoms. The molecule has 2 aromatic carbocycles. The molecule has 0 spiro atoms. The van der Waals surface area contributed by atoms with E-state index in [9.17, 15) is 4.79 Å². The minimum absolute atomic E-state index is 0.182. The van der Waals surface area contributed by atoms with Gasteiger partial charge in [-0.1, -0.05) is 36.4 Å². The Hall–Kier alpha value is -2.55. The van der Waals surface area contributed by atoms with E-state index in [0.717, 1.165) is 16.5 Å². The third kappa shape index (κ3) is 1.86. The molecule has 1 heterocycles. The summed E-state index contributed by atoms with van der Waals surface area (Å²) in [6, 6.07) is 17.5. The normalized spacial score (nSPS) is 10.7. The molecule has 3 nitrogen and oxygen atoms in total. The first-order valence-corrected chi connectivity index (χ1v) is 5.71. The smallest absolute Gasteiger partial charge is 0.250 e. The average Bonchev–Trinajstić information content (AvgIpc) is 2.37. The topological polar surface area (TPSA) is 58.9 Å². The van der Waals surface area contributed by atoms with Gasteiger partial charge in [-0.05, 0) is 34.0 Å². The van der Waals surface area contributed by atoms with E-state index in [1.165, 1.54) is 5.39 Å². The van der Waals surface area contributed by atoms with Crippen LogP contribution in [-0.2, 0) is 0 Å². The van der Waals surface area contributed by atoms with Gasteiger partial charge in [-0.3, -0.25) is 4.79 Å². The molecule has 88 valence electrons. The Morgan fingerprint density at radius 1 is 0.833 bits per heavy atom. The lowest BCUT2D eigenvalue weighted by Crippen LogP contribution is -2.07.